The van der Waals surface area contributed by atoms with Crippen LogP contribution < -0.4 is 14.4 Å². The second-order valence-electron chi connectivity index (χ2n) is 8.15. The van der Waals surface area contributed by atoms with E-state index in [1.807, 2.05) is 18.2 Å². The Kier molecular flexibility index (Phi) is 5.57. The molecular formula is C23H25FN4O4. The zero-order valence-electron chi connectivity index (χ0n) is 17.7. The number of para-hydroxylation sites is 1. The molecule has 0 N–H and O–H groups in total. The highest BCUT2D eigenvalue weighted by Gasteiger charge is 2.33. The zero-order valence-corrected chi connectivity index (χ0v) is 17.7. The van der Waals surface area contributed by atoms with Crippen LogP contribution in [0.5, 0.6) is 11.5 Å². The molecular weight excluding hydrogens is 415 g/mol. The highest BCUT2D eigenvalue weighted by Crippen LogP contribution is 2.33. The molecule has 168 valence electrons. The predicted molar refractivity (Wildman–Crippen MR) is 115 cm³/mol. The molecule has 0 atom stereocenters. The predicted octanol–water partition coefficient (Wildman–Crippen LogP) is 2.14. The van der Waals surface area contributed by atoms with Crippen LogP contribution >= 0.6 is 0 Å². The van der Waals surface area contributed by atoms with Crippen molar-refractivity contribution in [3.63, 3.8) is 0 Å². The van der Waals surface area contributed by atoms with Crippen LogP contribution in [-0.4, -0.2) is 79.2 Å². The van der Waals surface area contributed by atoms with Gasteiger partial charge in [-0.1, -0.05) is 18.2 Å². The molecule has 0 saturated carbocycles. The van der Waals surface area contributed by atoms with Crippen LogP contribution in [-0.2, 0) is 11.3 Å². The van der Waals surface area contributed by atoms with Gasteiger partial charge in [-0.05, 0) is 29.8 Å². The molecule has 2 aromatic carbocycles. The van der Waals surface area contributed by atoms with Gasteiger partial charge in [-0.25, -0.2) is 9.18 Å². The monoisotopic (exact) mass is 440 g/mol. The quantitative estimate of drug-likeness (QED) is 0.713. The molecule has 0 radical (unpaired) electrons. The van der Waals surface area contributed by atoms with Crippen molar-refractivity contribution in [1.29, 1.82) is 0 Å². The number of piperazine rings is 1. The molecule has 2 saturated heterocycles. The van der Waals surface area contributed by atoms with Crippen molar-refractivity contribution in [3.05, 3.63) is 53.8 Å². The van der Waals surface area contributed by atoms with E-state index < -0.39 is 5.82 Å². The Bertz CT molecular complexity index is 1020. The lowest BCUT2D eigenvalue weighted by Crippen LogP contribution is -2.51. The SMILES string of the molecule is O=C(CN1CCN(c2ccccc2F)C1=O)N1CCN(Cc2ccc3c(c2)OCO3)CC1. The average molecular weight is 440 g/mol. The fraction of sp³-hybridized carbons (Fsp3) is 0.391. The van der Waals surface area contributed by atoms with Gasteiger partial charge in [0.15, 0.2) is 11.5 Å². The van der Waals surface area contributed by atoms with Gasteiger partial charge in [0, 0.05) is 45.8 Å². The standard InChI is InChI=1S/C23H25FN4O4/c24-18-3-1-2-4-19(18)28-12-11-27(23(28)30)15-22(29)26-9-7-25(8-10-26)14-17-5-6-20-21(13-17)32-16-31-20/h1-6,13H,7-12,14-16H2. The summed E-state index contributed by atoms with van der Waals surface area (Å²) in [6.07, 6.45) is 0. The first-order valence-corrected chi connectivity index (χ1v) is 10.8. The third-order valence-corrected chi connectivity index (χ3v) is 6.13. The third-order valence-electron chi connectivity index (χ3n) is 6.13. The number of hydrogen-bond donors (Lipinski definition) is 0. The van der Waals surface area contributed by atoms with E-state index in [9.17, 15) is 14.0 Å². The second-order valence-corrected chi connectivity index (χ2v) is 8.15. The van der Waals surface area contributed by atoms with Crippen LogP contribution in [0.1, 0.15) is 5.56 Å². The first-order chi connectivity index (χ1) is 15.6. The Balaban J connectivity index is 1.12. The van der Waals surface area contributed by atoms with Gasteiger partial charge in [-0.3, -0.25) is 14.6 Å². The molecule has 5 rings (SSSR count). The minimum atomic E-state index is -0.437. The highest BCUT2D eigenvalue weighted by atomic mass is 19.1. The molecule has 2 aromatic rings. The number of urea groups is 1. The molecule has 0 aliphatic carbocycles. The van der Waals surface area contributed by atoms with E-state index >= 15 is 0 Å². The molecule has 2 fully saturated rings. The number of ether oxygens (including phenoxy) is 2. The summed E-state index contributed by atoms with van der Waals surface area (Å²) in [6.45, 7) is 4.58. The summed E-state index contributed by atoms with van der Waals surface area (Å²) in [6, 6.07) is 11.8. The number of benzene rings is 2. The summed E-state index contributed by atoms with van der Waals surface area (Å²) >= 11 is 0. The summed E-state index contributed by atoms with van der Waals surface area (Å²) in [5.74, 6) is 1.04. The molecule has 3 aliphatic rings. The molecule has 0 aromatic heterocycles. The Morgan fingerprint density at radius 3 is 2.53 bits per heavy atom. The maximum atomic E-state index is 14.0. The minimum Gasteiger partial charge on any atom is -0.454 e. The normalized spacial score (nSPS) is 18.5. The van der Waals surface area contributed by atoms with E-state index in [1.165, 1.54) is 15.9 Å². The van der Waals surface area contributed by atoms with E-state index in [0.717, 1.165) is 36.7 Å². The van der Waals surface area contributed by atoms with Crippen molar-refractivity contribution < 1.29 is 23.5 Å². The molecule has 0 spiro atoms. The fourth-order valence-corrected chi connectivity index (χ4v) is 4.34. The number of carbonyl (C=O) groups excluding carboxylic acids is 2. The van der Waals surface area contributed by atoms with Crippen LogP contribution in [0.2, 0.25) is 0 Å². The molecule has 9 heteroatoms. The van der Waals surface area contributed by atoms with Crippen molar-refractivity contribution >= 4 is 17.6 Å². The third kappa shape index (κ3) is 4.08. The van der Waals surface area contributed by atoms with Gasteiger partial charge in [-0.2, -0.15) is 0 Å². The summed E-state index contributed by atoms with van der Waals surface area (Å²) in [5, 5.41) is 0. The minimum absolute atomic E-state index is 0.0198. The van der Waals surface area contributed by atoms with E-state index in [-0.39, 0.29) is 31.0 Å². The largest absolute Gasteiger partial charge is 0.454 e. The van der Waals surface area contributed by atoms with E-state index in [1.54, 1.807) is 23.1 Å². The molecule has 0 bridgehead atoms. The van der Waals surface area contributed by atoms with Crippen LogP contribution in [0.15, 0.2) is 42.5 Å². The number of halogens is 1. The average Bonchev–Trinajstić information content (AvgIpc) is 3.41. The summed E-state index contributed by atoms with van der Waals surface area (Å²) in [4.78, 5) is 32.5. The van der Waals surface area contributed by atoms with E-state index in [2.05, 4.69) is 4.90 Å². The van der Waals surface area contributed by atoms with Crippen LogP contribution in [0.4, 0.5) is 14.9 Å². The molecule has 3 heterocycles. The number of amides is 3. The van der Waals surface area contributed by atoms with E-state index in [0.29, 0.717) is 26.2 Å². The Morgan fingerprint density at radius 2 is 1.72 bits per heavy atom. The van der Waals surface area contributed by atoms with Crippen molar-refractivity contribution in [2.45, 2.75) is 6.54 Å². The number of nitrogens with zero attached hydrogens (tertiary/aromatic N) is 4. The first kappa shape index (κ1) is 20.6. The summed E-state index contributed by atoms with van der Waals surface area (Å²) in [5.41, 5.74) is 1.40. The van der Waals surface area contributed by atoms with Crippen LogP contribution in [0.3, 0.4) is 0 Å². The number of hydrogen-bond acceptors (Lipinski definition) is 5. The van der Waals surface area contributed by atoms with Gasteiger partial charge in [0.2, 0.25) is 12.7 Å². The summed E-state index contributed by atoms with van der Waals surface area (Å²) in [7, 11) is 0. The van der Waals surface area contributed by atoms with Crippen LogP contribution in [0, 0.1) is 5.82 Å². The van der Waals surface area contributed by atoms with Gasteiger partial charge in [-0.15, -0.1) is 0 Å². The molecule has 32 heavy (non-hydrogen) atoms. The molecule has 3 amide bonds. The number of rotatable bonds is 5. The van der Waals surface area contributed by atoms with Crippen molar-refractivity contribution in [3.8, 4) is 11.5 Å². The maximum Gasteiger partial charge on any atom is 0.325 e. The maximum absolute atomic E-state index is 14.0. The van der Waals surface area contributed by atoms with Crippen LogP contribution in [0.25, 0.3) is 0 Å². The number of fused-ring (bicyclic) bond motifs is 1. The highest BCUT2D eigenvalue weighted by molar-refractivity contribution is 5.96. The lowest BCUT2D eigenvalue weighted by atomic mass is 10.1. The smallest absolute Gasteiger partial charge is 0.325 e. The molecule has 3 aliphatic heterocycles. The van der Waals surface area contributed by atoms with Gasteiger partial charge in [0.1, 0.15) is 12.4 Å². The fourth-order valence-electron chi connectivity index (χ4n) is 4.34. The Labute approximate surface area is 185 Å². The van der Waals surface area contributed by atoms with Crippen molar-refractivity contribution in [2.24, 2.45) is 0 Å². The van der Waals surface area contributed by atoms with Gasteiger partial charge in [0.25, 0.3) is 0 Å². The topological polar surface area (TPSA) is 65.6 Å². The van der Waals surface area contributed by atoms with Crippen molar-refractivity contribution in [2.75, 3.05) is 57.5 Å². The number of anilines is 1. The lowest BCUT2D eigenvalue weighted by molar-refractivity contribution is -0.133. The van der Waals surface area contributed by atoms with Gasteiger partial charge >= 0.3 is 6.03 Å². The zero-order chi connectivity index (χ0) is 22.1. The number of carbonyl (C=O) groups is 2. The Hall–Kier alpha value is -3.33. The van der Waals surface area contributed by atoms with Crippen molar-refractivity contribution in [1.82, 2.24) is 14.7 Å². The summed E-state index contributed by atoms with van der Waals surface area (Å²) < 4.78 is 24.8. The molecule has 0 unspecified atom stereocenters. The Morgan fingerprint density at radius 1 is 0.938 bits per heavy atom. The lowest BCUT2D eigenvalue weighted by Gasteiger charge is -2.35. The van der Waals surface area contributed by atoms with Gasteiger partial charge < -0.3 is 19.3 Å². The molecule has 8 nitrogen and oxygen atoms in total. The van der Waals surface area contributed by atoms with E-state index in [4.69, 9.17) is 9.47 Å². The second kappa shape index (κ2) is 8.66. The van der Waals surface area contributed by atoms with Gasteiger partial charge in [0.05, 0.1) is 5.69 Å². The first-order valence-electron chi connectivity index (χ1n) is 10.8.